The lowest BCUT2D eigenvalue weighted by Gasteiger charge is -2.23. The Morgan fingerprint density at radius 2 is 1.83 bits per heavy atom. The molecular weight excluding hydrogens is 294 g/mol. The first-order chi connectivity index (χ1) is 10.9. The average Bonchev–Trinajstić information content (AvgIpc) is 2.98. The smallest absolute Gasteiger partial charge is 0.409 e. The third-order valence-corrected chi connectivity index (χ3v) is 4.47. The van der Waals surface area contributed by atoms with E-state index in [1.54, 1.807) is 11.9 Å². The van der Waals surface area contributed by atoms with Gasteiger partial charge in [0.25, 0.3) is 0 Å². The minimum atomic E-state index is -0.471. The summed E-state index contributed by atoms with van der Waals surface area (Å²) in [5.41, 5.74) is 0.994. The number of ether oxygens (including phenoxy) is 3. The summed E-state index contributed by atoms with van der Waals surface area (Å²) in [6.45, 7) is 4.88. The standard InChI is InChI=1S/C18H25NO4/c1-18(2)22-15-9-14(10-16(15)23-18)11-19(3)17(20)21-12-13-7-5-4-6-8-13/h4-8,14-16H,9-12H2,1-3H3/t14-,15-,16+. The number of hydrogen-bond acceptors (Lipinski definition) is 4. The third kappa shape index (κ3) is 4.03. The Kier molecular flexibility index (Phi) is 4.60. The second-order valence-electron chi connectivity index (χ2n) is 6.97. The Bertz CT molecular complexity index is 529. The Morgan fingerprint density at radius 3 is 2.43 bits per heavy atom. The van der Waals surface area contributed by atoms with Crippen LogP contribution < -0.4 is 0 Å². The molecule has 1 aromatic carbocycles. The van der Waals surface area contributed by atoms with Gasteiger partial charge in [0.2, 0.25) is 0 Å². The maximum absolute atomic E-state index is 12.1. The maximum atomic E-state index is 12.1. The zero-order chi connectivity index (χ0) is 16.4. The SMILES string of the molecule is CN(C[C@H]1C[C@@H]2OC(C)(C)O[C@@H]2C1)C(=O)OCc1ccccc1. The minimum absolute atomic E-state index is 0.156. The maximum Gasteiger partial charge on any atom is 0.409 e. The second-order valence-corrected chi connectivity index (χ2v) is 6.97. The van der Waals surface area contributed by atoms with E-state index >= 15 is 0 Å². The summed E-state index contributed by atoms with van der Waals surface area (Å²) in [5, 5.41) is 0. The fraction of sp³-hybridized carbons (Fsp3) is 0.611. The number of fused-ring (bicyclic) bond motifs is 1. The fourth-order valence-electron chi connectivity index (χ4n) is 3.50. The lowest BCUT2D eigenvalue weighted by molar-refractivity contribution is -0.154. The zero-order valence-electron chi connectivity index (χ0n) is 14.0. The van der Waals surface area contributed by atoms with Gasteiger partial charge in [-0.1, -0.05) is 30.3 Å². The summed E-state index contributed by atoms with van der Waals surface area (Å²) in [6, 6.07) is 9.71. The first-order valence-corrected chi connectivity index (χ1v) is 8.20. The molecule has 0 spiro atoms. The Balaban J connectivity index is 1.43. The van der Waals surface area contributed by atoms with E-state index in [9.17, 15) is 4.79 Å². The molecule has 126 valence electrons. The van der Waals surface area contributed by atoms with Gasteiger partial charge in [-0.05, 0) is 38.2 Å². The van der Waals surface area contributed by atoms with E-state index in [0.717, 1.165) is 18.4 Å². The van der Waals surface area contributed by atoms with Crippen LogP contribution in [-0.2, 0) is 20.8 Å². The van der Waals surface area contributed by atoms with E-state index in [1.165, 1.54) is 0 Å². The first-order valence-electron chi connectivity index (χ1n) is 8.20. The molecule has 5 nitrogen and oxygen atoms in total. The highest BCUT2D eigenvalue weighted by molar-refractivity contribution is 5.67. The molecule has 1 aromatic rings. The van der Waals surface area contributed by atoms with Gasteiger partial charge in [-0.2, -0.15) is 0 Å². The summed E-state index contributed by atoms with van der Waals surface area (Å²) >= 11 is 0. The van der Waals surface area contributed by atoms with E-state index in [2.05, 4.69) is 0 Å². The van der Waals surface area contributed by atoms with Gasteiger partial charge in [-0.25, -0.2) is 4.79 Å². The van der Waals surface area contributed by atoms with E-state index < -0.39 is 5.79 Å². The number of benzene rings is 1. The summed E-state index contributed by atoms with van der Waals surface area (Å²) in [7, 11) is 1.78. The molecule has 23 heavy (non-hydrogen) atoms. The lowest BCUT2D eigenvalue weighted by Crippen LogP contribution is -2.32. The van der Waals surface area contributed by atoms with Gasteiger partial charge < -0.3 is 19.1 Å². The van der Waals surface area contributed by atoms with Crippen LogP contribution in [0, 0.1) is 5.92 Å². The molecular formula is C18H25NO4. The number of amides is 1. The number of hydrogen-bond donors (Lipinski definition) is 0. The molecule has 3 atom stereocenters. The molecule has 1 saturated heterocycles. The van der Waals surface area contributed by atoms with Gasteiger partial charge in [0.05, 0.1) is 12.2 Å². The van der Waals surface area contributed by atoms with Crippen molar-refractivity contribution in [2.45, 2.75) is 51.3 Å². The van der Waals surface area contributed by atoms with Crippen LogP contribution in [0.25, 0.3) is 0 Å². The molecule has 0 aromatic heterocycles. The quantitative estimate of drug-likeness (QED) is 0.855. The molecule has 1 saturated carbocycles. The molecule has 3 rings (SSSR count). The Labute approximate surface area is 137 Å². The molecule has 1 aliphatic carbocycles. The minimum Gasteiger partial charge on any atom is -0.445 e. The van der Waals surface area contributed by atoms with Crippen molar-refractivity contribution in [3.8, 4) is 0 Å². The summed E-state index contributed by atoms with van der Waals surface area (Å²) in [5.74, 6) is -0.0729. The van der Waals surface area contributed by atoms with Gasteiger partial charge in [-0.3, -0.25) is 0 Å². The number of nitrogens with zero attached hydrogens (tertiary/aromatic N) is 1. The van der Waals surface area contributed by atoms with Crippen molar-refractivity contribution in [3.63, 3.8) is 0 Å². The number of rotatable bonds is 4. The normalized spacial score (nSPS) is 28.4. The lowest BCUT2D eigenvalue weighted by atomic mass is 10.1. The molecule has 2 aliphatic rings. The van der Waals surface area contributed by atoms with Crippen molar-refractivity contribution >= 4 is 6.09 Å². The topological polar surface area (TPSA) is 48.0 Å². The molecule has 1 aliphatic heterocycles. The van der Waals surface area contributed by atoms with Crippen molar-refractivity contribution in [2.24, 2.45) is 5.92 Å². The van der Waals surface area contributed by atoms with E-state index in [-0.39, 0.29) is 18.3 Å². The summed E-state index contributed by atoms with van der Waals surface area (Å²) in [4.78, 5) is 13.7. The van der Waals surface area contributed by atoms with Crippen LogP contribution in [0.5, 0.6) is 0 Å². The van der Waals surface area contributed by atoms with Crippen molar-refractivity contribution in [2.75, 3.05) is 13.6 Å². The zero-order valence-corrected chi connectivity index (χ0v) is 14.0. The van der Waals surface area contributed by atoms with Gasteiger partial charge >= 0.3 is 6.09 Å². The fourth-order valence-corrected chi connectivity index (χ4v) is 3.50. The van der Waals surface area contributed by atoms with Crippen LogP contribution in [-0.4, -0.2) is 42.6 Å². The Morgan fingerprint density at radius 1 is 1.22 bits per heavy atom. The van der Waals surface area contributed by atoms with Gasteiger partial charge in [0.1, 0.15) is 6.61 Å². The van der Waals surface area contributed by atoms with Crippen LogP contribution in [0.15, 0.2) is 30.3 Å². The predicted molar refractivity (Wildman–Crippen MR) is 85.8 cm³/mol. The van der Waals surface area contributed by atoms with Crippen molar-refractivity contribution in [1.82, 2.24) is 4.90 Å². The van der Waals surface area contributed by atoms with Crippen LogP contribution in [0.2, 0.25) is 0 Å². The first kappa shape index (κ1) is 16.3. The van der Waals surface area contributed by atoms with E-state index in [1.807, 2.05) is 44.2 Å². The monoisotopic (exact) mass is 319 g/mol. The molecule has 5 heteroatoms. The van der Waals surface area contributed by atoms with Crippen LogP contribution in [0.4, 0.5) is 4.79 Å². The molecule has 0 unspecified atom stereocenters. The van der Waals surface area contributed by atoms with Crippen molar-refractivity contribution < 1.29 is 19.0 Å². The van der Waals surface area contributed by atoms with Crippen molar-refractivity contribution in [1.29, 1.82) is 0 Å². The molecule has 1 heterocycles. The highest BCUT2D eigenvalue weighted by Crippen LogP contribution is 2.40. The third-order valence-electron chi connectivity index (χ3n) is 4.47. The average molecular weight is 319 g/mol. The van der Waals surface area contributed by atoms with Gasteiger partial charge in [0, 0.05) is 13.6 Å². The predicted octanol–water partition coefficient (Wildman–Crippen LogP) is 3.19. The summed E-state index contributed by atoms with van der Waals surface area (Å²) in [6.07, 6.45) is 1.90. The largest absolute Gasteiger partial charge is 0.445 e. The van der Waals surface area contributed by atoms with Gasteiger partial charge in [0.15, 0.2) is 5.79 Å². The number of carbonyl (C=O) groups is 1. The highest BCUT2D eigenvalue weighted by atomic mass is 16.8. The van der Waals surface area contributed by atoms with Crippen LogP contribution >= 0.6 is 0 Å². The molecule has 2 fully saturated rings. The van der Waals surface area contributed by atoms with E-state index in [4.69, 9.17) is 14.2 Å². The number of carbonyl (C=O) groups excluding carboxylic acids is 1. The molecule has 0 N–H and O–H groups in total. The van der Waals surface area contributed by atoms with Crippen LogP contribution in [0.3, 0.4) is 0 Å². The molecule has 0 radical (unpaired) electrons. The van der Waals surface area contributed by atoms with E-state index in [0.29, 0.717) is 19.1 Å². The highest BCUT2D eigenvalue weighted by Gasteiger charge is 2.47. The molecule has 1 amide bonds. The van der Waals surface area contributed by atoms with Gasteiger partial charge in [-0.15, -0.1) is 0 Å². The molecule has 0 bridgehead atoms. The summed E-state index contributed by atoms with van der Waals surface area (Å²) < 4.78 is 17.1. The second kappa shape index (κ2) is 6.49. The van der Waals surface area contributed by atoms with Crippen molar-refractivity contribution in [3.05, 3.63) is 35.9 Å². The van der Waals surface area contributed by atoms with Crippen LogP contribution in [0.1, 0.15) is 32.3 Å². The Hall–Kier alpha value is -1.59.